The van der Waals surface area contributed by atoms with Gasteiger partial charge < -0.3 is 19.7 Å². The van der Waals surface area contributed by atoms with Crippen molar-refractivity contribution in [2.24, 2.45) is 0 Å². The number of nitrogens with one attached hydrogen (secondary N) is 1. The number of likely N-dealkylation sites (N-methyl/N-ethyl adjacent to an activating group) is 1. The molecule has 172 valence electrons. The Balaban J connectivity index is 0.00000480. The number of anilines is 1. The molecule has 0 aliphatic carbocycles. The number of carbonyl (C=O) groups is 1. The maximum Gasteiger partial charge on any atom is 0.257 e. The third-order valence-electron chi connectivity index (χ3n) is 4.93. The van der Waals surface area contributed by atoms with Crippen molar-refractivity contribution in [1.82, 2.24) is 5.32 Å². The summed E-state index contributed by atoms with van der Waals surface area (Å²) in [4.78, 5) is 13.6. The summed E-state index contributed by atoms with van der Waals surface area (Å²) in [7, 11) is 1.59. The highest BCUT2D eigenvalue weighted by molar-refractivity contribution is 6.30. The molecule has 2 aromatic carbocycles. The van der Waals surface area contributed by atoms with Gasteiger partial charge in [-0.1, -0.05) is 43.1 Å². The Kier molecular flexibility index (Phi) is 12.4. The van der Waals surface area contributed by atoms with Gasteiger partial charge in [0.2, 0.25) is 0 Å². The van der Waals surface area contributed by atoms with Gasteiger partial charge in [0.15, 0.2) is 6.61 Å². The van der Waals surface area contributed by atoms with E-state index in [0.29, 0.717) is 10.8 Å². The van der Waals surface area contributed by atoms with Crippen molar-refractivity contribution in [2.45, 2.75) is 52.3 Å². The molecule has 0 saturated carbocycles. The standard InChI is InChI=1S/C24H33ClN2O3.ClH/c1-5-6-14-29-19(3)27(22-9-7-8-21(25)16-22)18(2)15-20-10-12-23(13-11-20)30-17-24(28)26-4;/h7-13,16,18-19H,5-6,14-15,17H2,1-4H3,(H,26,28);1H. The molecule has 0 bridgehead atoms. The zero-order valence-electron chi connectivity index (χ0n) is 18.8. The molecule has 0 fully saturated rings. The second-order valence-electron chi connectivity index (χ2n) is 7.37. The average Bonchev–Trinajstić information content (AvgIpc) is 2.73. The number of amides is 1. The van der Waals surface area contributed by atoms with Gasteiger partial charge in [0, 0.05) is 30.4 Å². The molecule has 0 radical (unpaired) electrons. The first-order chi connectivity index (χ1) is 14.4. The number of unbranched alkanes of at least 4 members (excludes halogenated alkanes) is 1. The van der Waals surface area contributed by atoms with Crippen LogP contribution < -0.4 is 15.0 Å². The number of hydrogen-bond donors (Lipinski definition) is 1. The molecule has 0 aliphatic heterocycles. The van der Waals surface area contributed by atoms with Crippen LogP contribution in [0, 0.1) is 0 Å². The molecule has 1 N–H and O–H groups in total. The van der Waals surface area contributed by atoms with Gasteiger partial charge in [0.1, 0.15) is 12.0 Å². The molecule has 0 aromatic heterocycles. The van der Waals surface area contributed by atoms with Crippen LogP contribution in [-0.2, 0) is 16.0 Å². The normalized spacial score (nSPS) is 12.4. The summed E-state index contributed by atoms with van der Waals surface area (Å²) in [6.07, 6.45) is 2.91. The van der Waals surface area contributed by atoms with Crippen molar-refractivity contribution >= 4 is 35.6 Å². The van der Waals surface area contributed by atoms with Gasteiger partial charge in [0.05, 0.1) is 0 Å². The quantitative estimate of drug-likeness (QED) is 0.330. The number of benzene rings is 2. The van der Waals surface area contributed by atoms with E-state index in [0.717, 1.165) is 31.6 Å². The van der Waals surface area contributed by atoms with Gasteiger partial charge in [-0.2, -0.15) is 0 Å². The van der Waals surface area contributed by atoms with Crippen LogP contribution in [0.4, 0.5) is 5.69 Å². The number of hydrogen-bond acceptors (Lipinski definition) is 4. The first-order valence-corrected chi connectivity index (χ1v) is 10.9. The number of nitrogens with zero attached hydrogens (tertiary/aromatic N) is 1. The maximum absolute atomic E-state index is 11.3. The molecule has 2 atom stereocenters. The second-order valence-corrected chi connectivity index (χ2v) is 7.81. The lowest BCUT2D eigenvalue weighted by Crippen LogP contribution is -2.43. The third-order valence-corrected chi connectivity index (χ3v) is 5.17. The summed E-state index contributed by atoms with van der Waals surface area (Å²) in [6, 6.07) is 16.0. The van der Waals surface area contributed by atoms with Crippen LogP contribution in [0.5, 0.6) is 5.75 Å². The van der Waals surface area contributed by atoms with E-state index in [-0.39, 0.29) is 37.2 Å². The van der Waals surface area contributed by atoms with Crippen LogP contribution in [0.25, 0.3) is 0 Å². The topological polar surface area (TPSA) is 50.8 Å². The van der Waals surface area contributed by atoms with Gasteiger partial charge in [-0.3, -0.25) is 4.79 Å². The van der Waals surface area contributed by atoms with Crippen molar-refractivity contribution in [3.05, 3.63) is 59.1 Å². The summed E-state index contributed by atoms with van der Waals surface area (Å²) in [5.41, 5.74) is 2.23. The molecule has 2 rings (SSSR count). The highest BCUT2D eigenvalue weighted by Crippen LogP contribution is 2.26. The molecule has 0 aliphatic rings. The Morgan fingerprint density at radius 1 is 1.16 bits per heavy atom. The van der Waals surface area contributed by atoms with Crippen molar-refractivity contribution in [2.75, 3.05) is 25.2 Å². The van der Waals surface area contributed by atoms with Crippen molar-refractivity contribution < 1.29 is 14.3 Å². The zero-order valence-corrected chi connectivity index (χ0v) is 20.3. The Labute approximate surface area is 197 Å². The van der Waals surface area contributed by atoms with E-state index in [1.54, 1.807) is 7.05 Å². The summed E-state index contributed by atoms with van der Waals surface area (Å²) < 4.78 is 11.6. The lowest BCUT2D eigenvalue weighted by Gasteiger charge is -2.37. The van der Waals surface area contributed by atoms with Crippen LogP contribution in [0.15, 0.2) is 48.5 Å². The fourth-order valence-electron chi connectivity index (χ4n) is 3.32. The molecule has 31 heavy (non-hydrogen) atoms. The van der Waals surface area contributed by atoms with Crippen LogP contribution in [0.1, 0.15) is 39.2 Å². The summed E-state index contributed by atoms with van der Waals surface area (Å²) in [6.45, 7) is 7.19. The molecule has 0 saturated heterocycles. The minimum Gasteiger partial charge on any atom is -0.484 e. The summed E-state index contributed by atoms with van der Waals surface area (Å²) >= 11 is 6.26. The molecule has 0 heterocycles. The van der Waals surface area contributed by atoms with E-state index in [9.17, 15) is 4.79 Å². The Hall–Kier alpha value is -1.95. The van der Waals surface area contributed by atoms with E-state index >= 15 is 0 Å². The van der Waals surface area contributed by atoms with Crippen LogP contribution >= 0.6 is 24.0 Å². The van der Waals surface area contributed by atoms with Gasteiger partial charge in [-0.15, -0.1) is 12.4 Å². The lowest BCUT2D eigenvalue weighted by atomic mass is 10.0. The zero-order chi connectivity index (χ0) is 21.9. The van der Waals surface area contributed by atoms with E-state index in [1.807, 2.05) is 42.5 Å². The Bertz CT molecular complexity index is 787. The van der Waals surface area contributed by atoms with E-state index in [1.165, 1.54) is 5.56 Å². The molecule has 5 nitrogen and oxygen atoms in total. The fourth-order valence-corrected chi connectivity index (χ4v) is 3.50. The molecule has 7 heteroatoms. The number of carbonyl (C=O) groups excluding carboxylic acids is 1. The SMILES string of the molecule is CCCCOC(C)N(c1cccc(Cl)c1)C(C)Cc1ccc(OCC(=O)NC)cc1.Cl. The monoisotopic (exact) mass is 468 g/mol. The maximum atomic E-state index is 11.3. The first kappa shape index (κ1) is 27.1. The smallest absolute Gasteiger partial charge is 0.257 e. The minimum absolute atomic E-state index is 0. The average molecular weight is 469 g/mol. The largest absolute Gasteiger partial charge is 0.484 e. The minimum atomic E-state index is -0.151. The van der Waals surface area contributed by atoms with Crippen molar-refractivity contribution in [3.63, 3.8) is 0 Å². The first-order valence-electron chi connectivity index (χ1n) is 10.5. The van der Waals surface area contributed by atoms with E-state index in [4.69, 9.17) is 21.1 Å². The second kappa shape index (κ2) is 14.2. The van der Waals surface area contributed by atoms with Gasteiger partial charge in [0.25, 0.3) is 5.91 Å². The Morgan fingerprint density at radius 3 is 2.48 bits per heavy atom. The van der Waals surface area contributed by atoms with Gasteiger partial charge in [-0.25, -0.2) is 0 Å². The van der Waals surface area contributed by atoms with Gasteiger partial charge >= 0.3 is 0 Å². The van der Waals surface area contributed by atoms with Gasteiger partial charge in [-0.05, 0) is 62.6 Å². The predicted octanol–water partition coefficient (Wildman–Crippen LogP) is 5.49. The number of rotatable bonds is 12. The molecular weight excluding hydrogens is 435 g/mol. The predicted molar refractivity (Wildman–Crippen MR) is 131 cm³/mol. The van der Waals surface area contributed by atoms with Crippen LogP contribution in [-0.4, -0.2) is 38.4 Å². The molecule has 2 aromatic rings. The van der Waals surface area contributed by atoms with Crippen molar-refractivity contribution in [1.29, 1.82) is 0 Å². The highest BCUT2D eigenvalue weighted by Gasteiger charge is 2.22. The number of ether oxygens (including phenoxy) is 2. The number of halogens is 2. The van der Waals surface area contributed by atoms with Crippen molar-refractivity contribution in [3.8, 4) is 5.75 Å². The molecule has 0 spiro atoms. The lowest BCUT2D eigenvalue weighted by molar-refractivity contribution is -0.122. The van der Waals surface area contributed by atoms with E-state index in [2.05, 4.69) is 37.1 Å². The molecule has 2 unspecified atom stereocenters. The van der Waals surface area contributed by atoms with E-state index < -0.39 is 0 Å². The van der Waals surface area contributed by atoms with Crippen LogP contribution in [0.3, 0.4) is 0 Å². The Morgan fingerprint density at radius 2 is 1.87 bits per heavy atom. The fraction of sp³-hybridized carbons (Fsp3) is 0.458. The molecule has 1 amide bonds. The summed E-state index contributed by atoms with van der Waals surface area (Å²) in [5.74, 6) is 0.528. The van der Waals surface area contributed by atoms with Crippen LogP contribution in [0.2, 0.25) is 5.02 Å². The summed E-state index contributed by atoms with van der Waals surface area (Å²) in [5, 5.41) is 3.25. The highest BCUT2D eigenvalue weighted by atomic mass is 35.5. The third kappa shape index (κ3) is 8.98. The molecular formula is C24H34Cl2N2O3.